The molecule has 1 aliphatic heterocycles. The Morgan fingerprint density at radius 2 is 1.38 bits per heavy atom. The van der Waals surface area contributed by atoms with E-state index in [0.717, 1.165) is 47.1 Å². The number of benzene rings is 2. The quantitative estimate of drug-likeness (QED) is 0.743. The maximum Gasteiger partial charge on any atom is 0.119 e. The van der Waals surface area contributed by atoms with Crippen LogP contribution >= 0.6 is 27.5 Å². The molecule has 1 fully saturated rings. The lowest BCUT2D eigenvalue weighted by Gasteiger charge is -2.29. The van der Waals surface area contributed by atoms with Crippen LogP contribution in [0.15, 0.2) is 53.0 Å². The molecule has 1 heterocycles. The number of piperidine rings is 1. The summed E-state index contributed by atoms with van der Waals surface area (Å²) in [6.45, 7) is 3.42. The Balaban J connectivity index is 1.43. The van der Waals surface area contributed by atoms with Gasteiger partial charge in [-0.2, -0.15) is 0 Å². The first-order chi connectivity index (χ1) is 11.7. The maximum atomic E-state index is 5.91. The van der Waals surface area contributed by atoms with E-state index in [1.165, 1.54) is 0 Å². The molecule has 0 aromatic heterocycles. The summed E-state index contributed by atoms with van der Waals surface area (Å²) in [5.74, 6) is 2.78. The van der Waals surface area contributed by atoms with Crippen molar-refractivity contribution in [2.24, 2.45) is 11.8 Å². The standard InChI is InChI=1S/C19H21BrClNO2/c20-16-1-5-18(6-2-16)23-12-14-9-15(11-22-10-14)13-24-19-7-3-17(21)4-8-19/h1-8,14-15,22H,9-13H2/t14-,15-/m0/s1. The van der Waals surface area contributed by atoms with E-state index in [1.807, 2.05) is 48.5 Å². The number of ether oxygens (including phenoxy) is 2. The van der Waals surface area contributed by atoms with Crippen LogP contribution in [0.1, 0.15) is 6.42 Å². The molecule has 2 aromatic rings. The maximum absolute atomic E-state index is 5.91. The van der Waals surface area contributed by atoms with Gasteiger partial charge in [0, 0.05) is 34.4 Å². The van der Waals surface area contributed by atoms with Crippen molar-refractivity contribution in [3.63, 3.8) is 0 Å². The minimum absolute atomic E-state index is 0.493. The van der Waals surface area contributed by atoms with E-state index in [1.54, 1.807) is 0 Å². The van der Waals surface area contributed by atoms with Gasteiger partial charge < -0.3 is 14.8 Å². The van der Waals surface area contributed by atoms with Gasteiger partial charge in [0.15, 0.2) is 0 Å². The van der Waals surface area contributed by atoms with Crippen LogP contribution in [0, 0.1) is 11.8 Å². The molecule has 5 heteroatoms. The zero-order chi connectivity index (χ0) is 16.8. The summed E-state index contributed by atoms with van der Waals surface area (Å²) < 4.78 is 12.9. The average molecular weight is 411 g/mol. The molecule has 2 aromatic carbocycles. The Hall–Kier alpha value is -1.23. The van der Waals surface area contributed by atoms with Crippen molar-refractivity contribution in [2.45, 2.75) is 6.42 Å². The molecule has 1 saturated heterocycles. The molecule has 2 atom stereocenters. The van der Waals surface area contributed by atoms with Crippen LogP contribution in [0.5, 0.6) is 11.5 Å². The van der Waals surface area contributed by atoms with E-state index < -0.39 is 0 Å². The summed E-state index contributed by atoms with van der Waals surface area (Å²) in [6, 6.07) is 15.5. The number of nitrogens with one attached hydrogen (secondary N) is 1. The first-order valence-electron chi connectivity index (χ1n) is 8.16. The Kier molecular flexibility index (Phi) is 6.41. The molecule has 0 amide bonds. The lowest BCUT2D eigenvalue weighted by molar-refractivity contribution is 0.150. The lowest BCUT2D eigenvalue weighted by atomic mass is 9.91. The van der Waals surface area contributed by atoms with Crippen LogP contribution < -0.4 is 14.8 Å². The molecule has 0 spiro atoms. The second-order valence-electron chi connectivity index (χ2n) is 6.16. The monoisotopic (exact) mass is 409 g/mol. The molecule has 1 aliphatic rings. The fourth-order valence-electron chi connectivity index (χ4n) is 2.87. The van der Waals surface area contributed by atoms with E-state index in [9.17, 15) is 0 Å². The van der Waals surface area contributed by atoms with Gasteiger partial charge in [0.25, 0.3) is 0 Å². The molecular weight excluding hydrogens is 390 g/mol. The van der Waals surface area contributed by atoms with Gasteiger partial charge >= 0.3 is 0 Å². The van der Waals surface area contributed by atoms with Gasteiger partial charge in [-0.3, -0.25) is 0 Å². The summed E-state index contributed by atoms with van der Waals surface area (Å²) >= 11 is 9.33. The fourth-order valence-corrected chi connectivity index (χ4v) is 3.26. The van der Waals surface area contributed by atoms with Crippen LogP contribution in [0.25, 0.3) is 0 Å². The van der Waals surface area contributed by atoms with Gasteiger partial charge in [-0.25, -0.2) is 0 Å². The van der Waals surface area contributed by atoms with Crippen LogP contribution in [0.2, 0.25) is 5.02 Å². The predicted molar refractivity (Wildman–Crippen MR) is 101 cm³/mol. The van der Waals surface area contributed by atoms with Crippen molar-refractivity contribution in [1.82, 2.24) is 5.32 Å². The van der Waals surface area contributed by atoms with Gasteiger partial charge in [-0.05, 0) is 55.0 Å². The molecule has 0 radical (unpaired) electrons. The third-order valence-corrected chi connectivity index (χ3v) is 4.91. The highest BCUT2D eigenvalue weighted by Gasteiger charge is 2.22. The van der Waals surface area contributed by atoms with Crippen LogP contribution in [0.3, 0.4) is 0 Å². The third kappa shape index (κ3) is 5.40. The topological polar surface area (TPSA) is 30.5 Å². The molecule has 3 nitrogen and oxygen atoms in total. The first-order valence-corrected chi connectivity index (χ1v) is 9.33. The molecule has 128 valence electrons. The van der Waals surface area contributed by atoms with Crippen molar-refractivity contribution >= 4 is 27.5 Å². The summed E-state index contributed by atoms with van der Waals surface area (Å²) in [4.78, 5) is 0. The summed E-state index contributed by atoms with van der Waals surface area (Å²) in [7, 11) is 0. The highest BCUT2D eigenvalue weighted by atomic mass is 79.9. The average Bonchev–Trinajstić information content (AvgIpc) is 2.61. The Morgan fingerprint density at radius 3 is 1.92 bits per heavy atom. The SMILES string of the molecule is Clc1ccc(OC[C@@H]2CNC[C@@H](COc3ccc(Br)cc3)C2)cc1. The number of hydrogen-bond acceptors (Lipinski definition) is 3. The molecule has 0 unspecified atom stereocenters. The van der Waals surface area contributed by atoms with E-state index in [0.29, 0.717) is 18.4 Å². The molecule has 1 N–H and O–H groups in total. The van der Waals surface area contributed by atoms with E-state index >= 15 is 0 Å². The second-order valence-corrected chi connectivity index (χ2v) is 7.51. The zero-order valence-electron chi connectivity index (χ0n) is 13.4. The summed E-state index contributed by atoms with van der Waals surface area (Å²) in [5.41, 5.74) is 0. The lowest BCUT2D eigenvalue weighted by Crippen LogP contribution is -2.40. The van der Waals surface area contributed by atoms with Crippen molar-refractivity contribution in [1.29, 1.82) is 0 Å². The minimum Gasteiger partial charge on any atom is -0.493 e. The number of hydrogen-bond donors (Lipinski definition) is 1. The highest BCUT2D eigenvalue weighted by molar-refractivity contribution is 9.10. The van der Waals surface area contributed by atoms with Gasteiger partial charge in [-0.15, -0.1) is 0 Å². The van der Waals surface area contributed by atoms with Crippen molar-refractivity contribution in [3.05, 3.63) is 58.0 Å². The Labute approximate surface area is 156 Å². The molecular formula is C19H21BrClNO2. The zero-order valence-corrected chi connectivity index (χ0v) is 15.7. The second kappa shape index (κ2) is 8.75. The van der Waals surface area contributed by atoms with Gasteiger partial charge in [0.05, 0.1) is 13.2 Å². The van der Waals surface area contributed by atoms with Crippen LogP contribution in [0.4, 0.5) is 0 Å². The van der Waals surface area contributed by atoms with E-state index in [4.69, 9.17) is 21.1 Å². The Morgan fingerprint density at radius 1 is 0.875 bits per heavy atom. The highest BCUT2D eigenvalue weighted by Crippen LogP contribution is 2.22. The van der Waals surface area contributed by atoms with Gasteiger partial charge in [0.1, 0.15) is 11.5 Å². The van der Waals surface area contributed by atoms with Gasteiger partial charge in [-0.1, -0.05) is 27.5 Å². The fraction of sp³-hybridized carbons (Fsp3) is 0.368. The van der Waals surface area contributed by atoms with Crippen molar-refractivity contribution in [3.8, 4) is 11.5 Å². The molecule has 0 saturated carbocycles. The summed E-state index contributed by atoms with van der Waals surface area (Å²) in [5, 5.41) is 4.22. The van der Waals surface area contributed by atoms with Crippen LogP contribution in [-0.2, 0) is 0 Å². The predicted octanol–water partition coefficient (Wildman–Crippen LogP) is 4.79. The summed E-state index contributed by atoms with van der Waals surface area (Å²) in [6.07, 6.45) is 1.11. The van der Waals surface area contributed by atoms with Crippen LogP contribution in [-0.4, -0.2) is 26.3 Å². The smallest absolute Gasteiger partial charge is 0.119 e. The number of rotatable bonds is 6. The van der Waals surface area contributed by atoms with Crippen molar-refractivity contribution < 1.29 is 9.47 Å². The molecule has 0 aliphatic carbocycles. The molecule has 24 heavy (non-hydrogen) atoms. The third-order valence-electron chi connectivity index (χ3n) is 4.13. The Bertz CT molecular complexity index is 577. The molecule has 0 bridgehead atoms. The minimum atomic E-state index is 0.493. The largest absolute Gasteiger partial charge is 0.493 e. The van der Waals surface area contributed by atoms with Crippen molar-refractivity contribution in [2.75, 3.05) is 26.3 Å². The first kappa shape index (κ1) is 17.6. The number of halogens is 2. The van der Waals surface area contributed by atoms with E-state index in [-0.39, 0.29) is 0 Å². The van der Waals surface area contributed by atoms with E-state index in [2.05, 4.69) is 21.2 Å². The normalized spacial score (nSPS) is 20.6. The van der Waals surface area contributed by atoms with Gasteiger partial charge in [0.2, 0.25) is 0 Å². The molecule has 3 rings (SSSR count).